The maximum absolute atomic E-state index is 13.4. The van der Waals surface area contributed by atoms with Crippen molar-refractivity contribution in [3.63, 3.8) is 0 Å². The van der Waals surface area contributed by atoms with Crippen LogP contribution in [0.15, 0.2) is 71.8 Å². The average Bonchev–Trinajstić information content (AvgIpc) is 3.28. The molecule has 0 aliphatic carbocycles. The SMILES string of the molecule is CCn1cnc2c1c(=O)nc(Nc1ccc(Oc3cc(F)cc(F)n3)cc1)n2Cc1ccc(Cl)cc1. The Bertz CT molecular complexity index is 1580. The third-order valence-corrected chi connectivity index (χ3v) is 5.65. The molecule has 5 aromatic rings. The van der Waals surface area contributed by atoms with Gasteiger partial charge in [0.15, 0.2) is 11.2 Å². The molecule has 8 nitrogen and oxygen atoms in total. The number of pyridine rings is 1. The number of fused-ring (bicyclic) bond motifs is 1. The van der Waals surface area contributed by atoms with Crippen molar-refractivity contribution in [2.75, 3.05) is 5.32 Å². The number of nitrogens with zero attached hydrogens (tertiary/aromatic N) is 5. The van der Waals surface area contributed by atoms with Gasteiger partial charge >= 0.3 is 5.56 Å². The van der Waals surface area contributed by atoms with E-state index in [1.54, 1.807) is 47.3 Å². The van der Waals surface area contributed by atoms with Crippen LogP contribution in [0.1, 0.15) is 12.5 Å². The molecule has 36 heavy (non-hydrogen) atoms. The number of anilines is 2. The number of hydrogen-bond donors (Lipinski definition) is 1. The first-order valence-corrected chi connectivity index (χ1v) is 11.4. The summed E-state index contributed by atoms with van der Waals surface area (Å²) in [4.78, 5) is 25.1. The van der Waals surface area contributed by atoms with E-state index >= 15 is 0 Å². The lowest BCUT2D eigenvalue weighted by Gasteiger charge is -2.15. The smallest absolute Gasteiger partial charge is 0.300 e. The maximum Gasteiger partial charge on any atom is 0.300 e. The predicted octanol–water partition coefficient (Wildman–Crippen LogP) is 5.52. The van der Waals surface area contributed by atoms with E-state index in [4.69, 9.17) is 16.3 Å². The van der Waals surface area contributed by atoms with E-state index in [0.29, 0.717) is 52.7 Å². The van der Waals surface area contributed by atoms with Gasteiger partial charge in [-0.15, -0.1) is 0 Å². The molecule has 0 saturated carbocycles. The first kappa shape index (κ1) is 23.4. The van der Waals surface area contributed by atoms with Crippen molar-refractivity contribution < 1.29 is 13.5 Å². The molecule has 0 radical (unpaired) electrons. The lowest BCUT2D eigenvalue weighted by Crippen LogP contribution is -2.20. The second kappa shape index (κ2) is 9.74. The molecular weight excluding hydrogens is 490 g/mol. The second-order valence-corrected chi connectivity index (χ2v) is 8.29. The van der Waals surface area contributed by atoms with Gasteiger partial charge in [0.2, 0.25) is 17.8 Å². The van der Waals surface area contributed by atoms with E-state index in [1.165, 1.54) is 0 Å². The van der Waals surface area contributed by atoms with E-state index in [9.17, 15) is 13.6 Å². The summed E-state index contributed by atoms with van der Waals surface area (Å²) in [5.74, 6) is -1.35. The highest BCUT2D eigenvalue weighted by Crippen LogP contribution is 2.25. The molecule has 0 aliphatic heterocycles. The van der Waals surface area contributed by atoms with Gasteiger partial charge in [-0.2, -0.15) is 14.4 Å². The van der Waals surface area contributed by atoms with Gasteiger partial charge in [0, 0.05) is 29.4 Å². The fraction of sp³-hybridized carbons (Fsp3) is 0.120. The summed E-state index contributed by atoms with van der Waals surface area (Å²) >= 11 is 6.03. The largest absolute Gasteiger partial charge is 0.439 e. The highest BCUT2D eigenvalue weighted by atomic mass is 35.5. The highest BCUT2D eigenvalue weighted by Gasteiger charge is 2.16. The first-order valence-electron chi connectivity index (χ1n) is 11.0. The van der Waals surface area contributed by atoms with Crippen LogP contribution in [0.5, 0.6) is 11.6 Å². The quantitative estimate of drug-likeness (QED) is 0.291. The number of nitrogens with one attached hydrogen (secondary N) is 1. The van der Waals surface area contributed by atoms with Crippen LogP contribution in [-0.2, 0) is 13.1 Å². The minimum atomic E-state index is -0.978. The van der Waals surface area contributed by atoms with Crippen LogP contribution in [0.4, 0.5) is 20.4 Å². The minimum absolute atomic E-state index is 0.205. The van der Waals surface area contributed by atoms with Crippen LogP contribution >= 0.6 is 11.6 Å². The number of aromatic nitrogens is 5. The van der Waals surface area contributed by atoms with Crippen molar-refractivity contribution in [1.29, 1.82) is 0 Å². The van der Waals surface area contributed by atoms with Gasteiger partial charge in [-0.25, -0.2) is 9.37 Å². The van der Waals surface area contributed by atoms with Crippen LogP contribution in [0, 0.1) is 11.8 Å². The molecule has 1 N–H and O–H groups in total. The first-order chi connectivity index (χ1) is 17.4. The Morgan fingerprint density at radius 1 is 1.03 bits per heavy atom. The van der Waals surface area contributed by atoms with Crippen LogP contribution in [0.25, 0.3) is 11.2 Å². The fourth-order valence-corrected chi connectivity index (χ4v) is 3.83. The van der Waals surface area contributed by atoms with Gasteiger partial charge in [-0.1, -0.05) is 23.7 Å². The third-order valence-electron chi connectivity index (χ3n) is 5.40. The molecule has 0 bridgehead atoms. The molecule has 0 fully saturated rings. The number of ether oxygens (including phenoxy) is 1. The van der Waals surface area contributed by atoms with Crippen molar-refractivity contribution in [2.24, 2.45) is 0 Å². The normalized spacial score (nSPS) is 11.1. The number of rotatable bonds is 7. The molecule has 5 rings (SSSR count). The van der Waals surface area contributed by atoms with Crippen molar-refractivity contribution >= 4 is 34.4 Å². The topological polar surface area (TPSA) is 86.9 Å². The van der Waals surface area contributed by atoms with Gasteiger partial charge in [-0.3, -0.25) is 9.36 Å². The highest BCUT2D eigenvalue weighted by molar-refractivity contribution is 6.30. The maximum atomic E-state index is 13.4. The Hall–Kier alpha value is -4.31. The van der Waals surface area contributed by atoms with Crippen molar-refractivity contribution in [2.45, 2.75) is 20.0 Å². The van der Waals surface area contributed by atoms with E-state index in [2.05, 4.69) is 20.3 Å². The minimum Gasteiger partial charge on any atom is -0.439 e. The number of hydrogen-bond acceptors (Lipinski definition) is 6. The van der Waals surface area contributed by atoms with Crippen LogP contribution in [0.3, 0.4) is 0 Å². The van der Waals surface area contributed by atoms with Gasteiger partial charge in [0.25, 0.3) is 0 Å². The summed E-state index contributed by atoms with van der Waals surface area (Å²) in [5, 5.41) is 3.78. The number of aryl methyl sites for hydroxylation is 1. The zero-order valence-electron chi connectivity index (χ0n) is 19.0. The monoisotopic (exact) mass is 508 g/mol. The summed E-state index contributed by atoms with van der Waals surface area (Å²) in [7, 11) is 0. The summed E-state index contributed by atoms with van der Waals surface area (Å²) in [6.07, 6.45) is 1.62. The van der Waals surface area contributed by atoms with E-state index in [1.807, 2.05) is 23.6 Å². The van der Waals surface area contributed by atoms with Gasteiger partial charge in [0.05, 0.1) is 12.9 Å². The van der Waals surface area contributed by atoms with Crippen LogP contribution < -0.4 is 15.6 Å². The van der Waals surface area contributed by atoms with E-state index in [-0.39, 0.29) is 5.88 Å². The zero-order chi connectivity index (χ0) is 25.2. The third kappa shape index (κ3) is 4.89. The summed E-state index contributed by atoms with van der Waals surface area (Å²) in [6.45, 7) is 2.89. The Kier molecular flexibility index (Phi) is 6.34. The molecule has 3 aromatic heterocycles. The van der Waals surface area contributed by atoms with Crippen LogP contribution in [-0.4, -0.2) is 24.1 Å². The van der Waals surface area contributed by atoms with Gasteiger partial charge in [-0.05, 0) is 48.9 Å². The number of halogens is 3. The fourth-order valence-electron chi connectivity index (χ4n) is 3.71. The summed E-state index contributed by atoms with van der Waals surface area (Å²) < 4.78 is 35.7. The molecule has 3 heterocycles. The van der Waals surface area contributed by atoms with Crippen molar-refractivity contribution in [3.05, 3.63) is 99.7 Å². The van der Waals surface area contributed by atoms with Crippen molar-refractivity contribution in [3.8, 4) is 11.6 Å². The molecule has 2 aromatic carbocycles. The Labute approximate surface area is 208 Å². The molecule has 0 spiro atoms. The molecule has 0 atom stereocenters. The number of imidazole rings is 1. The number of benzene rings is 2. The van der Waals surface area contributed by atoms with E-state index in [0.717, 1.165) is 11.6 Å². The van der Waals surface area contributed by atoms with Gasteiger partial charge < -0.3 is 14.6 Å². The van der Waals surface area contributed by atoms with Crippen molar-refractivity contribution in [1.82, 2.24) is 24.1 Å². The Balaban J connectivity index is 1.47. The standard InChI is InChI=1S/C25H19ClF2N6O2/c1-2-33-14-29-23-22(33)24(35)32-25(34(23)13-15-3-5-16(26)6-4-15)30-18-7-9-19(10-8-18)36-21-12-17(27)11-20(28)31-21/h3-12,14H,2,13H2,1H3,(H,30,32,35). The van der Waals surface area contributed by atoms with Gasteiger partial charge in [0.1, 0.15) is 11.6 Å². The molecule has 0 aliphatic rings. The predicted molar refractivity (Wildman–Crippen MR) is 132 cm³/mol. The summed E-state index contributed by atoms with van der Waals surface area (Å²) in [6, 6.07) is 15.6. The molecular formula is C25H19ClF2N6O2. The Morgan fingerprint density at radius 2 is 1.78 bits per heavy atom. The van der Waals surface area contributed by atoms with E-state index < -0.39 is 17.3 Å². The Morgan fingerprint density at radius 3 is 2.47 bits per heavy atom. The van der Waals surface area contributed by atoms with Crippen LogP contribution in [0.2, 0.25) is 5.02 Å². The zero-order valence-corrected chi connectivity index (χ0v) is 19.7. The summed E-state index contributed by atoms with van der Waals surface area (Å²) in [5.41, 5.74) is 2.05. The molecule has 11 heteroatoms. The second-order valence-electron chi connectivity index (χ2n) is 7.85. The average molecular weight is 509 g/mol. The molecule has 0 amide bonds. The molecule has 182 valence electrons. The molecule has 0 unspecified atom stereocenters. The lowest BCUT2D eigenvalue weighted by molar-refractivity contribution is 0.436. The lowest BCUT2D eigenvalue weighted by atomic mass is 10.2. The molecule has 0 saturated heterocycles.